The average Bonchev–Trinajstić information content (AvgIpc) is 2.68. The van der Waals surface area contributed by atoms with Crippen LogP contribution in [0.5, 0.6) is 0 Å². The zero-order chi connectivity index (χ0) is 19.7. The Morgan fingerprint density at radius 3 is 2.61 bits per heavy atom. The molecule has 0 aliphatic heterocycles. The lowest BCUT2D eigenvalue weighted by molar-refractivity contribution is -0.113. The highest BCUT2D eigenvalue weighted by molar-refractivity contribution is 7.99. The fourth-order valence-electron chi connectivity index (χ4n) is 2.96. The van der Waals surface area contributed by atoms with Crippen LogP contribution >= 0.6 is 11.8 Å². The molecule has 0 saturated carbocycles. The molecule has 1 heterocycles. The van der Waals surface area contributed by atoms with Crippen LogP contribution in [0.3, 0.4) is 0 Å². The predicted octanol–water partition coefficient (Wildman–Crippen LogP) is 3.96. The molecule has 0 atom stereocenters. The van der Waals surface area contributed by atoms with Crippen LogP contribution in [0.1, 0.15) is 0 Å². The van der Waals surface area contributed by atoms with Gasteiger partial charge in [-0.1, -0.05) is 42.1 Å². The number of anilines is 1. The zero-order valence-electron chi connectivity index (χ0n) is 15.0. The number of nitrogens with one attached hydrogen (secondary N) is 1. The maximum Gasteiger partial charge on any atom is 0.261 e. The second kappa shape index (κ2) is 7.44. The highest BCUT2D eigenvalue weighted by atomic mass is 32.2. The van der Waals surface area contributed by atoms with Crippen molar-refractivity contribution in [3.63, 3.8) is 0 Å². The number of thioether (sulfide) groups is 1. The number of halogens is 1. The van der Waals surface area contributed by atoms with Crippen LogP contribution in [0.4, 0.5) is 10.1 Å². The van der Waals surface area contributed by atoms with Gasteiger partial charge in [-0.2, -0.15) is 0 Å². The molecule has 0 aliphatic rings. The number of amides is 1. The molecule has 140 valence electrons. The first kappa shape index (κ1) is 18.2. The summed E-state index contributed by atoms with van der Waals surface area (Å²) in [5.74, 6) is -0.671. The molecule has 0 radical (unpaired) electrons. The molecule has 0 aliphatic carbocycles. The minimum absolute atomic E-state index is 0.0515. The van der Waals surface area contributed by atoms with E-state index in [0.29, 0.717) is 21.7 Å². The molecule has 0 bridgehead atoms. The number of carbonyl (C=O) groups excluding carboxylic acids is 1. The lowest BCUT2D eigenvalue weighted by Crippen LogP contribution is -2.21. The molecule has 4 aromatic rings. The zero-order valence-corrected chi connectivity index (χ0v) is 15.8. The fraction of sp³-hybridized carbons (Fsp3) is 0.0952. The summed E-state index contributed by atoms with van der Waals surface area (Å²) in [5.41, 5.74) is 0.816. The molecule has 5 nitrogen and oxygen atoms in total. The molecule has 0 spiro atoms. The quantitative estimate of drug-likeness (QED) is 0.324. The van der Waals surface area contributed by atoms with Crippen molar-refractivity contribution < 1.29 is 9.18 Å². The Morgan fingerprint density at radius 1 is 1.11 bits per heavy atom. The van der Waals surface area contributed by atoms with Gasteiger partial charge in [0.05, 0.1) is 16.7 Å². The molecule has 1 amide bonds. The van der Waals surface area contributed by atoms with E-state index in [2.05, 4.69) is 10.3 Å². The van der Waals surface area contributed by atoms with E-state index in [1.165, 1.54) is 22.8 Å². The summed E-state index contributed by atoms with van der Waals surface area (Å²) >= 11 is 1.16. The maximum atomic E-state index is 13.2. The first-order chi connectivity index (χ1) is 13.5. The summed E-state index contributed by atoms with van der Waals surface area (Å²) in [4.78, 5) is 29.5. The normalized spacial score (nSPS) is 11.1. The van der Waals surface area contributed by atoms with Gasteiger partial charge in [0, 0.05) is 12.7 Å². The number of hydrogen-bond acceptors (Lipinski definition) is 4. The van der Waals surface area contributed by atoms with Crippen molar-refractivity contribution in [3.05, 3.63) is 76.8 Å². The van der Waals surface area contributed by atoms with Gasteiger partial charge in [-0.15, -0.1) is 0 Å². The number of aromatic nitrogens is 2. The number of rotatable bonds is 4. The van der Waals surface area contributed by atoms with E-state index in [-0.39, 0.29) is 17.2 Å². The van der Waals surface area contributed by atoms with Crippen molar-refractivity contribution >= 4 is 45.0 Å². The van der Waals surface area contributed by atoms with Gasteiger partial charge in [-0.05, 0) is 41.1 Å². The van der Waals surface area contributed by atoms with E-state index in [4.69, 9.17) is 0 Å². The van der Waals surface area contributed by atoms with E-state index in [9.17, 15) is 14.0 Å². The molecule has 0 unspecified atom stereocenters. The van der Waals surface area contributed by atoms with Gasteiger partial charge < -0.3 is 5.32 Å². The summed E-state index contributed by atoms with van der Waals surface area (Å²) in [6, 6.07) is 17.2. The van der Waals surface area contributed by atoms with E-state index < -0.39 is 5.82 Å². The standard InChI is InChI=1S/C21H16FN3O2S/c1-25-20(27)17-9-13-5-2-3-6-14(13)10-18(17)24-21(25)28-12-19(26)23-16-8-4-7-15(22)11-16/h2-11H,12H2,1H3,(H,23,26). The van der Waals surface area contributed by atoms with Gasteiger partial charge in [-0.25, -0.2) is 9.37 Å². The summed E-state index contributed by atoms with van der Waals surface area (Å²) in [6.45, 7) is 0. The van der Waals surface area contributed by atoms with Crippen molar-refractivity contribution in [2.45, 2.75) is 5.16 Å². The Kier molecular flexibility index (Phi) is 4.83. The largest absolute Gasteiger partial charge is 0.325 e. The maximum absolute atomic E-state index is 13.2. The third kappa shape index (κ3) is 3.61. The monoisotopic (exact) mass is 393 g/mol. The van der Waals surface area contributed by atoms with E-state index >= 15 is 0 Å². The Hall–Kier alpha value is -3.19. The predicted molar refractivity (Wildman–Crippen MR) is 110 cm³/mol. The van der Waals surface area contributed by atoms with Crippen LogP contribution in [0, 0.1) is 5.82 Å². The van der Waals surface area contributed by atoms with Gasteiger partial charge in [0.25, 0.3) is 5.56 Å². The number of fused-ring (bicyclic) bond motifs is 2. The van der Waals surface area contributed by atoms with Crippen molar-refractivity contribution in [3.8, 4) is 0 Å². The molecule has 1 aromatic heterocycles. The Labute approximate surface area is 164 Å². The van der Waals surface area contributed by atoms with Crippen LogP contribution in [-0.4, -0.2) is 21.2 Å². The molecule has 28 heavy (non-hydrogen) atoms. The second-order valence-corrected chi connectivity index (χ2v) is 7.26. The third-order valence-corrected chi connectivity index (χ3v) is 5.37. The molecule has 4 rings (SSSR count). The summed E-state index contributed by atoms with van der Waals surface area (Å²) in [7, 11) is 1.64. The summed E-state index contributed by atoms with van der Waals surface area (Å²) in [6.07, 6.45) is 0. The van der Waals surface area contributed by atoms with Crippen LogP contribution < -0.4 is 10.9 Å². The fourth-order valence-corrected chi connectivity index (χ4v) is 3.73. The van der Waals surface area contributed by atoms with E-state index in [1.807, 2.05) is 36.4 Å². The number of hydrogen-bond donors (Lipinski definition) is 1. The molecule has 1 N–H and O–H groups in total. The average molecular weight is 393 g/mol. The highest BCUT2D eigenvalue weighted by Gasteiger charge is 2.12. The van der Waals surface area contributed by atoms with Crippen LogP contribution in [0.15, 0.2) is 70.6 Å². The smallest absolute Gasteiger partial charge is 0.261 e. The lowest BCUT2D eigenvalue weighted by Gasteiger charge is -2.10. The SMILES string of the molecule is Cn1c(SCC(=O)Nc2cccc(F)c2)nc2cc3ccccc3cc2c1=O. The summed E-state index contributed by atoms with van der Waals surface area (Å²) in [5, 5.41) is 5.59. The van der Waals surface area contributed by atoms with E-state index in [0.717, 1.165) is 22.5 Å². The molecular formula is C21H16FN3O2S. The highest BCUT2D eigenvalue weighted by Crippen LogP contribution is 2.22. The van der Waals surface area contributed by atoms with Gasteiger partial charge in [0.1, 0.15) is 5.82 Å². The van der Waals surface area contributed by atoms with Crippen LogP contribution in [0.25, 0.3) is 21.7 Å². The lowest BCUT2D eigenvalue weighted by atomic mass is 10.1. The Balaban J connectivity index is 1.59. The molecule has 3 aromatic carbocycles. The minimum Gasteiger partial charge on any atom is -0.325 e. The third-order valence-electron chi connectivity index (χ3n) is 4.34. The van der Waals surface area contributed by atoms with Gasteiger partial charge >= 0.3 is 0 Å². The van der Waals surface area contributed by atoms with Crippen molar-refractivity contribution in [2.24, 2.45) is 7.05 Å². The van der Waals surface area contributed by atoms with Crippen LogP contribution in [-0.2, 0) is 11.8 Å². The second-order valence-electron chi connectivity index (χ2n) is 6.32. The van der Waals surface area contributed by atoms with Crippen molar-refractivity contribution in [1.29, 1.82) is 0 Å². The van der Waals surface area contributed by atoms with Crippen molar-refractivity contribution in [1.82, 2.24) is 9.55 Å². The molecule has 0 saturated heterocycles. The van der Waals surface area contributed by atoms with E-state index in [1.54, 1.807) is 13.1 Å². The number of carbonyl (C=O) groups is 1. The van der Waals surface area contributed by atoms with Gasteiger partial charge in [0.15, 0.2) is 5.16 Å². The summed E-state index contributed by atoms with van der Waals surface area (Å²) < 4.78 is 14.7. The van der Waals surface area contributed by atoms with Gasteiger partial charge in [-0.3, -0.25) is 14.2 Å². The molecule has 7 heteroatoms. The number of nitrogens with zero attached hydrogens (tertiary/aromatic N) is 2. The first-order valence-electron chi connectivity index (χ1n) is 8.59. The van der Waals surface area contributed by atoms with Crippen molar-refractivity contribution in [2.75, 3.05) is 11.1 Å². The van der Waals surface area contributed by atoms with Crippen LogP contribution in [0.2, 0.25) is 0 Å². The van der Waals surface area contributed by atoms with Gasteiger partial charge in [0.2, 0.25) is 5.91 Å². The number of benzene rings is 3. The Bertz CT molecular complexity index is 1270. The molecular weight excluding hydrogens is 377 g/mol. The Morgan fingerprint density at radius 2 is 1.86 bits per heavy atom. The topological polar surface area (TPSA) is 64.0 Å². The first-order valence-corrected chi connectivity index (χ1v) is 9.57. The minimum atomic E-state index is -0.420. The molecule has 0 fully saturated rings.